The molecule has 0 radical (unpaired) electrons. The maximum Gasteiger partial charge on any atom is 0.227 e. The van der Waals surface area contributed by atoms with Crippen molar-refractivity contribution in [3.8, 4) is 0 Å². The summed E-state index contributed by atoms with van der Waals surface area (Å²) in [5.41, 5.74) is 4.35. The van der Waals surface area contributed by atoms with Gasteiger partial charge in [0.1, 0.15) is 0 Å². The zero-order chi connectivity index (χ0) is 20.1. The van der Waals surface area contributed by atoms with Gasteiger partial charge in [0.2, 0.25) is 11.8 Å². The van der Waals surface area contributed by atoms with Gasteiger partial charge in [-0.05, 0) is 41.5 Å². The van der Waals surface area contributed by atoms with E-state index in [4.69, 9.17) is 0 Å². The second-order valence-electron chi connectivity index (χ2n) is 7.95. The highest BCUT2D eigenvalue weighted by Crippen LogP contribution is 2.30. The Balaban J connectivity index is 1.63. The van der Waals surface area contributed by atoms with E-state index in [1.807, 2.05) is 54.3 Å². The van der Waals surface area contributed by atoms with Crippen LogP contribution in [0, 0.1) is 5.92 Å². The molecule has 1 aliphatic heterocycles. The molecule has 3 rings (SSSR count). The highest BCUT2D eigenvalue weighted by Gasteiger charge is 2.25. The van der Waals surface area contributed by atoms with Gasteiger partial charge in [-0.2, -0.15) is 0 Å². The third-order valence-corrected chi connectivity index (χ3v) is 5.32. The van der Waals surface area contributed by atoms with Crippen LogP contribution in [0.4, 0.5) is 5.69 Å². The first-order valence-electron chi connectivity index (χ1n) is 10.2. The molecule has 0 aromatic heterocycles. The van der Waals surface area contributed by atoms with E-state index in [0.717, 1.165) is 36.2 Å². The highest BCUT2D eigenvalue weighted by atomic mass is 16.2. The van der Waals surface area contributed by atoms with Crippen molar-refractivity contribution in [3.05, 3.63) is 65.2 Å². The second kappa shape index (κ2) is 9.05. The predicted molar refractivity (Wildman–Crippen MR) is 113 cm³/mol. The lowest BCUT2D eigenvalue weighted by Crippen LogP contribution is -2.29. The first-order valence-corrected chi connectivity index (χ1v) is 10.2. The first kappa shape index (κ1) is 20.1. The van der Waals surface area contributed by atoms with Crippen molar-refractivity contribution in [3.63, 3.8) is 0 Å². The fourth-order valence-corrected chi connectivity index (χ4v) is 3.85. The molecule has 0 bridgehead atoms. The van der Waals surface area contributed by atoms with Gasteiger partial charge in [0, 0.05) is 25.2 Å². The van der Waals surface area contributed by atoms with Gasteiger partial charge < -0.3 is 10.2 Å². The Morgan fingerprint density at radius 3 is 2.54 bits per heavy atom. The molecule has 4 nitrogen and oxygen atoms in total. The van der Waals surface area contributed by atoms with Crippen molar-refractivity contribution in [1.82, 2.24) is 5.32 Å². The van der Waals surface area contributed by atoms with Crippen molar-refractivity contribution in [2.75, 3.05) is 11.4 Å². The molecule has 148 valence electrons. The number of nitrogens with one attached hydrogen (secondary N) is 1. The van der Waals surface area contributed by atoms with Crippen molar-refractivity contribution < 1.29 is 9.59 Å². The number of anilines is 1. The smallest absolute Gasteiger partial charge is 0.227 e. The minimum absolute atomic E-state index is 0.0583. The van der Waals surface area contributed by atoms with Crippen LogP contribution in [0.25, 0.3) is 0 Å². The van der Waals surface area contributed by atoms with Crippen molar-refractivity contribution in [2.24, 2.45) is 5.92 Å². The standard InChI is InChI=1S/C24H30N2O2/c1-4-21(19-8-6-5-7-9-19)24(28)25-16-18-10-11-22-20(15-18)12-13-26(22)23(27)14-17(2)3/h5-11,15,17,21H,4,12-14,16H2,1-3H3,(H,25,28)/t21-/m0/s1. The molecule has 2 aromatic rings. The Hall–Kier alpha value is -2.62. The lowest BCUT2D eigenvalue weighted by atomic mass is 9.95. The van der Waals surface area contributed by atoms with Gasteiger partial charge in [-0.25, -0.2) is 0 Å². The lowest BCUT2D eigenvalue weighted by Gasteiger charge is -2.19. The summed E-state index contributed by atoms with van der Waals surface area (Å²) in [6.45, 7) is 7.44. The maximum absolute atomic E-state index is 12.7. The fraction of sp³-hybridized carbons (Fsp3) is 0.417. The number of rotatable bonds is 7. The van der Waals surface area contributed by atoms with Crippen LogP contribution in [0.2, 0.25) is 0 Å². The van der Waals surface area contributed by atoms with Gasteiger partial charge in [0.25, 0.3) is 0 Å². The van der Waals surface area contributed by atoms with E-state index in [9.17, 15) is 9.59 Å². The number of benzene rings is 2. The number of amides is 2. The summed E-state index contributed by atoms with van der Waals surface area (Å²) in [4.78, 5) is 27.0. The largest absolute Gasteiger partial charge is 0.351 e. The lowest BCUT2D eigenvalue weighted by molar-refractivity contribution is -0.123. The number of fused-ring (bicyclic) bond motifs is 1. The molecule has 1 heterocycles. The predicted octanol–water partition coefficient (Wildman–Crippen LogP) is 4.43. The first-order chi connectivity index (χ1) is 13.5. The van der Waals surface area contributed by atoms with E-state index in [1.165, 1.54) is 5.56 Å². The average molecular weight is 379 g/mol. The van der Waals surface area contributed by atoms with Crippen LogP contribution in [-0.2, 0) is 22.6 Å². The fourth-order valence-electron chi connectivity index (χ4n) is 3.85. The minimum Gasteiger partial charge on any atom is -0.351 e. The third kappa shape index (κ3) is 4.61. The molecule has 0 aliphatic carbocycles. The highest BCUT2D eigenvalue weighted by molar-refractivity contribution is 5.95. The Bertz CT molecular complexity index is 830. The number of carbonyl (C=O) groups excluding carboxylic acids is 2. The summed E-state index contributed by atoms with van der Waals surface area (Å²) in [5.74, 6) is 0.494. The Morgan fingerprint density at radius 2 is 1.86 bits per heavy atom. The molecular formula is C24H30N2O2. The molecule has 1 N–H and O–H groups in total. The third-order valence-electron chi connectivity index (χ3n) is 5.32. The SMILES string of the molecule is CC[C@H](C(=O)NCc1ccc2c(c1)CCN2C(=O)CC(C)C)c1ccccc1. The van der Waals surface area contributed by atoms with Gasteiger partial charge in [0.05, 0.1) is 5.92 Å². The van der Waals surface area contributed by atoms with Gasteiger partial charge in [-0.1, -0.05) is 63.2 Å². The molecule has 2 aromatic carbocycles. The molecule has 0 saturated heterocycles. The van der Waals surface area contributed by atoms with Crippen LogP contribution in [-0.4, -0.2) is 18.4 Å². The number of hydrogen-bond acceptors (Lipinski definition) is 2. The normalized spacial score (nSPS) is 14.1. The molecule has 0 saturated carbocycles. The van der Waals surface area contributed by atoms with E-state index in [1.54, 1.807) is 0 Å². The van der Waals surface area contributed by atoms with Crippen molar-refractivity contribution >= 4 is 17.5 Å². The van der Waals surface area contributed by atoms with Gasteiger partial charge in [-0.3, -0.25) is 9.59 Å². The Kier molecular flexibility index (Phi) is 6.50. The van der Waals surface area contributed by atoms with Crippen LogP contribution in [0.5, 0.6) is 0 Å². The summed E-state index contributed by atoms with van der Waals surface area (Å²) in [6.07, 6.45) is 2.23. The zero-order valence-corrected chi connectivity index (χ0v) is 17.1. The summed E-state index contributed by atoms with van der Waals surface area (Å²) < 4.78 is 0. The second-order valence-corrected chi connectivity index (χ2v) is 7.95. The van der Waals surface area contributed by atoms with Crippen LogP contribution in [0.1, 0.15) is 56.2 Å². The van der Waals surface area contributed by atoms with Gasteiger partial charge >= 0.3 is 0 Å². The molecule has 4 heteroatoms. The van der Waals surface area contributed by atoms with Crippen molar-refractivity contribution in [1.29, 1.82) is 0 Å². The van der Waals surface area contributed by atoms with E-state index < -0.39 is 0 Å². The van der Waals surface area contributed by atoms with E-state index >= 15 is 0 Å². The summed E-state index contributed by atoms with van der Waals surface area (Å²) >= 11 is 0. The maximum atomic E-state index is 12.7. The molecular weight excluding hydrogens is 348 g/mol. The number of carbonyl (C=O) groups is 2. The van der Waals surface area contributed by atoms with Crippen LogP contribution >= 0.6 is 0 Å². The topological polar surface area (TPSA) is 49.4 Å². The molecule has 2 amide bonds. The average Bonchev–Trinajstić information content (AvgIpc) is 3.10. The van der Waals surface area contributed by atoms with E-state index in [0.29, 0.717) is 18.9 Å². The minimum atomic E-state index is -0.125. The zero-order valence-electron chi connectivity index (χ0n) is 17.1. The molecule has 1 atom stereocenters. The Labute approximate surface area is 167 Å². The quantitative estimate of drug-likeness (QED) is 0.775. The summed E-state index contributed by atoms with van der Waals surface area (Å²) in [7, 11) is 0. The van der Waals surface area contributed by atoms with Crippen LogP contribution in [0.3, 0.4) is 0 Å². The van der Waals surface area contributed by atoms with E-state index in [-0.39, 0.29) is 17.7 Å². The van der Waals surface area contributed by atoms with Crippen molar-refractivity contribution in [2.45, 2.75) is 52.5 Å². The van der Waals surface area contributed by atoms with Crippen LogP contribution < -0.4 is 10.2 Å². The monoisotopic (exact) mass is 378 g/mol. The Morgan fingerprint density at radius 1 is 1.11 bits per heavy atom. The molecule has 0 unspecified atom stereocenters. The summed E-state index contributed by atoms with van der Waals surface area (Å²) in [6, 6.07) is 16.1. The number of hydrogen-bond donors (Lipinski definition) is 1. The molecule has 0 spiro atoms. The van der Waals surface area contributed by atoms with Gasteiger partial charge in [-0.15, -0.1) is 0 Å². The van der Waals surface area contributed by atoms with E-state index in [2.05, 4.69) is 25.2 Å². The molecule has 1 aliphatic rings. The summed E-state index contributed by atoms with van der Waals surface area (Å²) in [5, 5.41) is 3.08. The van der Waals surface area contributed by atoms with Crippen LogP contribution in [0.15, 0.2) is 48.5 Å². The van der Waals surface area contributed by atoms with Gasteiger partial charge in [0.15, 0.2) is 0 Å². The molecule has 0 fully saturated rings. The number of nitrogens with zero attached hydrogens (tertiary/aromatic N) is 1. The molecule has 28 heavy (non-hydrogen) atoms.